The van der Waals surface area contributed by atoms with Gasteiger partial charge in [0, 0.05) is 25.7 Å². The summed E-state index contributed by atoms with van der Waals surface area (Å²) in [7, 11) is 1.90. The maximum absolute atomic E-state index is 12.6. The Morgan fingerprint density at radius 1 is 1.25 bits per heavy atom. The van der Waals surface area contributed by atoms with Crippen molar-refractivity contribution in [3.05, 3.63) is 35.5 Å². The summed E-state index contributed by atoms with van der Waals surface area (Å²) in [6.07, 6.45) is 2.34. The molecular weight excluding hydrogens is 304 g/mol. The molecule has 1 N–H and O–H groups in total. The largest absolute Gasteiger partial charge is 0.494 e. The monoisotopic (exact) mass is 328 g/mol. The molecule has 2 heterocycles. The first-order valence-electron chi connectivity index (χ1n) is 8.43. The van der Waals surface area contributed by atoms with Crippen LogP contribution in [0.3, 0.4) is 0 Å². The average Bonchev–Trinajstić information content (AvgIpc) is 3.20. The van der Waals surface area contributed by atoms with Crippen molar-refractivity contribution in [3.8, 4) is 5.75 Å². The van der Waals surface area contributed by atoms with Crippen molar-refractivity contribution in [1.29, 1.82) is 0 Å². The predicted octanol–water partition coefficient (Wildman–Crippen LogP) is 2.98. The van der Waals surface area contributed by atoms with Crippen molar-refractivity contribution >= 4 is 17.4 Å². The number of aromatic nitrogens is 2. The predicted molar refractivity (Wildman–Crippen MR) is 95.0 cm³/mol. The van der Waals surface area contributed by atoms with Crippen LogP contribution in [-0.4, -0.2) is 35.4 Å². The van der Waals surface area contributed by atoms with Crippen LogP contribution in [0.1, 0.15) is 35.8 Å². The smallest absolute Gasteiger partial charge is 0.255 e. The van der Waals surface area contributed by atoms with E-state index in [0.717, 1.165) is 36.0 Å². The van der Waals surface area contributed by atoms with E-state index in [9.17, 15) is 4.79 Å². The molecule has 0 spiro atoms. The first-order valence-corrected chi connectivity index (χ1v) is 8.43. The van der Waals surface area contributed by atoms with E-state index in [-0.39, 0.29) is 5.91 Å². The molecule has 1 aliphatic rings. The van der Waals surface area contributed by atoms with Crippen LogP contribution >= 0.6 is 0 Å². The van der Waals surface area contributed by atoms with E-state index in [2.05, 4.69) is 15.3 Å². The molecule has 2 aromatic rings. The van der Waals surface area contributed by atoms with Crippen LogP contribution in [0.15, 0.2) is 24.3 Å². The number of nitrogens with one attached hydrogen (secondary N) is 1. The minimum absolute atomic E-state index is 0.130. The molecule has 3 rings (SSSR count). The number of carbonyl (C=O) groups excluding carboxylic acids is 1. The molecule has 0 aliphatic carbocycles. The number of hydrogen-bond acceptors (Lipinski definition) is 4. The van der Waals surface area contributed by atoms with E-state index in [1.54, 1.807) is 12.1 Å². The third kappa shape index (κ3) is 3.22. The Morgan fingerprint density at radius 2 is 1.92 bits per heavy atom. The molecule has 1 fully saturated rings. The first kappa shape index (κ1) is 16.4. The maximum Gasteiger partial charge on any atom is 0.255 e. The summed E-state index contributed by atoms with van der Waals surface area (Å²) in [6.45, 7) is 6.50. The van der Waals surface area contributed by atoms with Gasteiger partial charge in [0.25, 0.3) is 5.91 Å². The number of carbonyl (C=O) groups is 1. The van der Waals surface area contributed by atoms with Gasteiger partial charge >= 0.3 is 0 Å². The molecule has 0 atom stereocenters. The highest BCUT2D eigenvalue weighted by Crippen LogP contribution is 2.31. The van der Waals surface area contributed by atoms with Gasteiger partial charge in [-0.3, -0.25) is 9.48 Å². The fourth-order valence-electron chi connectivity index (χ4n) is 2.94. The summed E-state index contributed by atoms with van der Waals surface area (Å²) in [5, 5.41) is 7.62. The number of anilines is 2. The second-order valence-electron chi connectivity index (χ2n) is 6.01. The number of hydrogen-bond donors (Lipinski definition) is 1. The molecule has 1 amide bonds. The Balaban J connectivity index is 1.81. The van der Waals surface area contributed by atoms with Gasteiger partial charge in [-0.1, -0.05) is 0 Å². The number of nitrogens with zero attached hydrogens (tertiary/aromatic N) is 3. The zero-order chi connectivity index (χ0) is 17.1. The zero-order valence-corrected chi connectivity index (χ0v) is 14.5. The van der Waals surface area contributed by atoms with E-state index in [1.807, 2.05) is 37.7 Å². The standard InChI is InChI=1S/C18H24N4O2/c1-4-24-15-9-7-14(8-10-15)18(23)19-16-13(2)21(3)20-17(16)22-11-5-6-12-22/h7-10H,4-6,11-12H2,1-3H3,(H,19,23). The summed E-state index contributed by atoms with van der Waals surface area (Å²) in [5.41, 5.74) is 2.36. The lowest BCUT2D eigenvalue weighted by molar-refractivity contribution is 0.102. The van der Waals surface area contributed by atoms with Crippen LogP contribution in [-0.2, 0) is 7.05 Å². The second kappa shape index (κ2) is 6.95. The van der Waals surface area contributed by atoms with Gasteiger partial charge < -0.3 is 15.0 Å². The highest BCUT2D eigenvalue weighted by atomic mass is 16.5. The van der Waals surface area contributed by atoms with E-state index in [1.165, 1.54) is 12.8 Å². The van der Waals surface area contributed by atoms with Gasteiger partial charge in [0.05, 0.1) is 12.3 Å². The SMILES string of the molecule is CCOc1ccc(C(=O)Nc2c(N3CCCC3)nn(C)c2C)cc1. The van der Waals surface area contributed by atoms with E-state index >= 15 is 0 Å². The zero-order valence-electron chi connectivity index (χ0n) is 14.5. The molecule has 1 saturated heterocycles. The van der Waals surface area contributed by atoms with Gasteiger partial charge in [-0.25, -0.2) is 0 Å². The van der Waals surface area contributed by atoms with Crippen LogP contribution in [0.4, 0.5) is 11.5 Å². The highest BCUT2D eigenvalue weighted by molar-refractivity contribution is 6.06. The van der Waals surface area contributed by atoms with Crippen LogP contribution < -0.4 is 15.0 Å². The van der Waals surface area contributed by atoms with Gasteiger partial charge in [0.15, 0.2) is 5.82 Å². The summed E-state index contributed by atoms with van der Waals surface area (Å²) < 4.78 is 7.24. The summed E-state index contributed by atoms with van der Waals surface area (Å²) in [6, 6.07) is 7.19. The summed E-state index contributed by atoms with van der Waals surface area (Å²) in [4.78, 5) is 14.8. The van der Waals surface area contributed by atoms with Crippen molar-refractivity contribution in [3.63, 3.8) is 0 Å². The number of aryl methyl sites for hydroxylation is 1. The third-order valence-corrected chi connectivity index (χ3v) is 4.39. The lowest BCUT2D eigenvalue weighted by Crippen LogP contribution is -2.21. The number of rotatable bonds is 5. The first-order chi connectivity index (χ1) is 11.6. The Bertz CT molecular complexity index is 715. The highest BCUT2D eigenvalue weighted by Gasteiger charge is 2.23. The Morgan fingerprint density at radius 3 is 2.54 bits per heavy atom. The molecule has 1 aliphatic heterocycles. The Kier molecular flexibility index (Phi) is 4.74. The molecule has 24 heavy (non-hydrogen) atoms. The van der Waals surface area contributed by atoms with Gasteiger partial charge in [-0.15, -0.1) is 0 Å². The minimum Gasteiger partial charge on any atom is -0.494 e. The lowest BCUT2D eigenvalue weighted by atomic mass is 10.2. The van der Waals surface area contributed by atoms with Crippen LogP contribution in [0.2, 0.25) is 0 Å². The third-order valence-electron chi connectivity index (χ3n) is 4.39. The van der Waals surface area contributed by atoms with E-state index in [0.29, 0.717) is 12.2 Å². The molecule has 0 bridgehead atoms. The van der Waals surface area contributed by atoms with Gasteiger partial charge in [-0.2, -0.15) is 5.10 Å². The average molecular weight is 328 g/mol. The molecular formula is C18H24N4O2. The summed E-state index contributed by atoms with van der Waals surface area (Å²) in [5.74, 6) is 1.51. The normalized spacial score (nSPS) is 14.0. The second-order valence-corrected chi connectivity index (χ2v) is 6.01. The van der Waals surface area contributed by atoms with Crippen molar-refractivity contribution in [2.75, 3.05) is 29.9 Å². The number of amides is 1. The molecule has 0 unspecified atom stereocenters. The molecule has 6 nitrogen and oxygen atoms in total. The molecule has 0 radical (unpaired) electrons. The van der Waals surface area contributed by atoms with E-state index < -0.39 is 0 Å². The van der Waals surface area contributed by atoms with Crippen molar-refractivity contribution in [2.24, 2.45) is 7.05 Å². The summed E-state index contributed by atoms with van der Waals surface area (Å²) >= 11 is 0. The quantitative estimate of drug-likeness (QED) is 0.917. The minimum atomic E-state index is -0.130. The maximum atomic E-state index is 12.6. The Labute approximate surface area is 142 Å². The lowest BCUT2D eigenvalue weighted by Gasteiger charge is -2.16. The van der Waals surface area contributed by atoms with Gasteiger partial charge in [0.1, 0.15) is 11.4 Å². The van der Waals surface area contributed by atoms with Gasteiger partial charge in [-0.05, 0) is 51.0 Å². The van der Waals surface area contributed by atoms with Crippen LogP contribution in [0.5, 0.6) is 5.75 Å². The molecule has 1 aromatic heterocycles. The fraction of sp³-hybridized carbons (Fsp3) is 0.444. The molecule has 1 aromatic carbocycles. The van der Waals surface area contributed by atoms with Gasteiger partial charge in [0.2, 0.25) is 0 Å². The fourth-order valence-corrected chi connectivity index (χ4v) is 2.94. The van der Waals surface area contributed by atoms with Crippen molar-refractivity contribution in [1.82, 2.24) is 9.78 Å². The van der Waals surface area contributed by atoms with Crippen LogP contribution in [0, 0.1) is 6.92 Å². The van der Waals surface area contributed by atoms with Crippen molar-refractivity contribution < 1.29 is 9.53 Å². The number of ether oxygens (including phenoxy) is 1. The number of benzene rings is 1. The Hall–Kier alpha value is -2.50. The van der Waals surface area contributed by atoms with Crippen LogP contribution in [0.25, 0.3) is 0 Å². The molecule has 0 saturated carbocycles. The molecule has 6 heteroatoms. The van der Waals surface area contributed by atoms with E-state index in [4.69, 9.17) is 4.74 Å². The van der Waals surface area contributed by atoms with Crippen molar-refractivity contribution in [2.45, 2.75) is 26.7 Å². The molecule has 128 valence electrons. The topological polar surface area (TPSA) is 59.4 Å².